The summed E-state index contributed by atoms with van der Waals surface area (Å²) in [5.41, 5.74) is 4.49. The summed E-state index contributed by atoms with van der Waals surface area (Å²) in [6.45, 7) is 2.41. The van der Waals surface area contributed by atoms with E-state index in [0.29, 0.717) is 17.8 Å². The number of rotatable bonds is 5. The molecule has 0 radical (unpaired) electrons. The van der Waals surface area contributed by atoms with Gasteiger partial charge in [0, 0.05) is 24.1 Å². The molecule has 0 unspecified atom stereocenters. The van der Waals surface area contributed by atoms with Gasteiger partial charge in [0.05, 0.1) is 30.3 Å². The van der Waals surface area contributed by atoms with Crippen LogP contribution < -0.4 is 10.4 Å². The fourth-order valence-electron chi connectivity index (χ4n) is 4.69. The maximum Gasteiger partial charge on any atom is 0.337 e. The van der Waals surface area contributed by atoms with Crippen LogP contribution in [0, 0.1) is 6.92 Å². The fraction of sp³-hybridized carbons (Fsp3) is 0.154. The van der Waals surface area contributed by atoms with Crippen molar-refractivity contribution in [2.45, 2.75) is 13.5 Å². The van der Waals surface area contributed by atoms with Gasteiger partial charge in [-0.25, -0.2) is 9.59 Å². The Hall–Kier alpha value is -4.26. The summed E-state index contributed by atoms with van der Waals surface area (Å²) in [7, 11) is 3.46. The molecule has 0 spiro atoms. The van der Waals surface area contributed by atoms with Crippen LogP contribution in [0.2, 0.25) is 0 Å². The second-order valence-electron chi connectivity index (χ2n) is 8.09. The molecule has 7 heteroatoms. The molecule has 0 fully saturated rings. The summed E-state index contributed by atoms with van der Waals surface area (Å²) < 4.78 is 10.7. The Bertz CT molecular complexity index is 1600. The van der Waals surface area contributed by atoms with Crippen molar-refractivity contribution in [1.29, 1.82) is 0 Å². The minimum atomic E-state index is -1.13. The van der Waals surface area contributed by atoms with Crippen LogP contribution >= 0.6 is 0 Å². The molecule has 2 heterocycles. The zero-order valence-electron chi connectivity index (χ0n) is 18.6. The number of para-hydroxylation sites is 3. The molecular weight excluding hydrogens is 418 g/mol. The molecule has 0 amide bonds. The number of ether oxygens (including phenoxy) is 1. The minimum absolute atomic E-state index is 0.000332. The first kappa shape index (κ1) is 20.6. The average Bonchev–Trinajstić information content (AvgIpc) is 3.28. The summed E-state index contributed by atoms with van der Waals surface area (Å²) in [5, 5.41) is 10.9. The van der Waals surface area contributed by atoms with Crippen molar-refractivity contribution in [3.05, 3.63) is 94.0 Å². The Morgan fingerprint density at radius 2 is 1.67 bits per heavy atom. The first-order valence-electron chi connectivity index (χ1n) is 10.6. The molecule has 0 atom stereocenters. The second-order valence-corrected chi connectivity index (χ2v) is 8.09. The lowest BCUT2D eigenvalue weighted by molar-refractivity contribution is 0.0696. The van der Waals surface area contributed by atoms with Crippen LogP contribution in [-0.2, 0) is 13.6 Å². The topological polar surface area (TPSA) is 78.4 Å². The summed E-state index contributed by atoms with van der Waals surface area (Å²) in [4.78, 5) is 25.8. The highest BCUT2D eigenvalue weighted by atomic mass is 16.5. The molecule has 2 aromatic heterocycles. The molecule has 0 aliphatic rings. The van der Waals surface area contributed by atoms with Gasteiger partial charge in [-0.1, -0.05) is 30.3 Å². The largest absolute Gasteiger partial charge is 0.495 e. The van der Waals surface area contributed by atoms with E-state index in [1.54, 1.807) is 16.7 Å². The molecule has 1 N–H and O–H groups in total. The molecule has 0 aliphatic carbocycles. The van der Waals surface area contributed by atoms with E-state index in [1.807, 2.05) is 43.6 Å². The Balaban J connectivity index is 1.81. The van der Waals surface area contributed by atoms with Crippen molar-refractivity contribution in [2.75, 3.05) is 7.11 Å². The van der Waals surface area contributed by atoms with E-state index in [4.69, 9.17) is 4.74 Å². The summed E-state index contributed by atoms with van der Waals surface area (Å²) in [6.07, 6.45) is 2.04. The molecule has 33 heavy (non-hydrogen) atoms. The van der Waals surface area contributed by atoms with Gasteiger partial charge < -0.3 is 14.4 Å². The molecule has 0 saturated heterocycles. The van der Waals surface area contributed by atoms with Gasteiger partial charge in [-0.15, -0.1) is 0 Å². The smallest absolute Gasteiger partial charge is 0.337 e. The van der Waals surface area contributed by atoms with E-state index in [2.05, 4.69) is 23.6 Å². The van der Waals surface area contributed by atoms with Crippen LogP contribution in [-0.4, -0.2) is 31.9 Å². The van der Waals surface area contributed by atoms with Crippen molar-refractivity contribution in [3.63, 3.8) is 0 Å². The molecule has 0 aliphatic heterocycles. The number of fused-ring (bicyclic) bond motifs is 2. The molecule has 7 nitrogen and oxygen atoms in total. The van der Waals surface area contributed by atoms with Gasteiger partial charge in [0.2, 0.25) is 0 Å². The van der Waals surface area contributed by atoms with Crippen molar-refractivity contribution < 1.29 is 14.6 Å². The van der Waals surface area contributed by atoms with Gasteiger partial charge in [-0.3, -0.25) is 9.13 Å². The number of aromatic nitrogens is 3. The van der Waals surface area contributed by atoms with Crippen LogP contribution in [0.15, 0.2) is 71.7 Å². The van der Waals surface area contributed by atoms with E-state index >= 15 is 0 Å². The van der Waals surface area contributed by atoms with E-state index < -0.39 is 5.97 Å². The molecule has 0 bridgehead atoms. The predicted octanol–water partition coefficient (Wildman–Crippen LogP) is 4.35. The standard InChI is InChI=1S/C26H23N3O4/c1-16-8-6-12-21-23(16)17(14-27(21)2)15-28-19-10-4-5-11-20(19)29(26(28)32)24-18(25(30)31)9-7-13-22(24)33-3/h4-14H,15H2,1-3H3,(H,30,31). The molecule has 5 rings (SSSR count). The van der Waals surface area contributed by atoms with Crippen molar-refractivity contribution >= 4 is 27.9 Å². The third-order valence-electron chi connectivity index (χ3n) is 6.14. The van der Waals surface area contributed by atoms with Crippen LogP contribution in [0.25, 0.3) is 27.6 Å². The van der Waals surface area contributed by atoms with E-state index in [9.17, 15) is 14.7 Å². The van der Waals surface area contributed by atoms with Gasteiger partial charge in [0.15, 0.2) is 0 Å². The first-order valence-corrected chi connectivity index (χ1v) is 10.6. The zero-order chi connectivity index (χ0) is 23.3. The normalized spacial score (nSPS) is 11.4. The number of imidazole rings is 1. The third-order valence-corrected chi connectivity index (χ3v) is 6.14. The lowest BCUT2D eigenvalue weighted by Gasteiger charge is -2.12. The monoisotopic (exact) mass is 441 g/mol. The highest BCUT2D eigenvalue weighted by Crippen LogP contribution is 2.30. The van der Waals surface area contributed by atoms with Gasteiger partial charge in [-0.05, 0) is 48.4 Å². The molecule has 166 valence electrons. The van der Waals surface area contributed by atoms with Gasteiger partial charge in [0.1, 0.15) is 11.4 Å². The number of methoxy groups -OCH3 is 1. The van der Waals surface area contributed by atoms with Gasteiger partial charge in [0.25, 0.3) is 0 Å². The van der Waals surface area contributed by atoms with E-state index in [0.717, 1.165) is 27.5 Å². The summed E-state index contributed by atoms with van der Waals surface area (Å²) in [5.74, 6) is -0.807. The van der Waals surface area contributed by atoms with Crippen LogP contribution in [0.5, 0.6) is 5.75 Å². The average molecular weight is 441 g/mol. The van der Waals surface area contributed by atoms with Crippen molar-refractivity contribution in [3.8, 4) is 11.4 Å². The molecular formula is C26H23N3O4. The predicted molar refractivity (Wildman–Crippen MR) is 128 cm³/mol. The maximum atomic E-state index is 13.8. The Morgan fingerprint density at radius 1 is 0.970 bits per heavy atom. The molecule has 5 aromatic rings. The van der Waals surface area contributed by atoms with Crippen molar-refractivity contribution in [2.24, 2.45) is 7.05 Å². The minimum Gasteiger partial charge on any atom is -0.495 e. The maximum absolute atomic E-state index is 13.8. The first-order chi connectivity index (χ1) is 15.9. The Kier molecular flexibility index (Phi) is 4.82. The number of aromatic carboxylic acids is 1. The number of carboxylic acids is 1. The van der Waals surface area contributed by atoms with Crippen LogP contribution in [0.1, 0.15) is 21.5 Å². The summed E-state index contributed by atoms with van der Waals surface area (Å²) in [6, 6.07) is 18.3. The Labute approximate surface area is 189 Å². The third kappa shape index (κ3) is 3.12. The quantitative estimate of drug-likeness (QED) is 0.440. The van der Waals surface area contributed by atoms with Crippen molar-refractivity contribution in [1.82, 2.24) is 13.7 Å². The lowest BCUT2D eigenvalue weighted by atomic mass is 10.1. The molecule has 3 aromatic carbocycles. The van der Waals surface area contributed by atoms with Crippen LogP contribution in [0.3, 0.4) is 0 Å². The van der Waals surface area contributed by atoms with Crippen LogP contribution in [0.4, 0.5) is 0 Å². The number of benzene rings is 3. The van der Waals surface area contributed by atoms with Gasteiger partial charge >= 0.3 is 11.7 Å². The van der Waals surface area contributed by atoms with Gasteiger partial charge in [-0.2, -0.15) is 0 Å². The van der Waals surface area contributed by atoms with E-state index in [-0.39, 0.29) is 16.9 Å². The number of nitrogens with zero attached hydrogens (tertiary/aromatic N) is 3. The number of aryl methyl sites for hydroxylation is 2. The number of carbonyl (C=O) groups is 1. The lowest BCUT2D eigenvalue weighted by Crippen LogP contribution is -2.25. The number of hydrogen-bond acceptors (Lipinski definition) is 3. The molecule has 0 saturated carbocycles. The highest BCUT2D eigenvalue weighted by Gasteiger charge is 2.23. The van der Waals surface area contributed by atoms with E-state index in [1.165, 1.54) is 17.7 Å². The Morgan fingerprint density at radius 3 is 2.39 bits per heavy atom. The zero-order valence-corrected chi connectivity index (χ0v) is 18.6. The SMILES string of the molecule is COc1cccc(C(=O)O)c1-n1c(=O)n(Cc2cn(C)c3cccc(C)c23)c2ccccc21. The number of carboxylic acid groups (broad SMARTS) is 1. The summed E-state index contributed by atoms with van der Waals surface area (Å²) >= 11 is 0. The highest BCUT2D eigenvalue weighted by molar-refractivity contribution is 5.95. The second kappa shape index (κ2) is 7.70. The fourth-order valence-corrected chi connectivity index (χ4v) is 4.69. The number of hydrogen-bond donors (Lipinski definition) is 1.